The lowest BCUT2D eigenvalue weighted by Crippen LogP contribution is -2.28. The van der Waals surface area contributed by atoms with Gasteiger partial charge in [0.1, 0.15) is 29.0 Å². The van der Waals surface area contributed by atoms with Gasteiger partial charge in [-0.15, -0.1) is 0 Å². The maximum absolute atomic E-state index is 13.1. The zero-order valence-corrected chi connectivity index (χ0v) is 13.8. The molecule has 0 atom stereocenters. The number of nitrogens with one attached hydrogen (secondary N) is 1. The van der Waals surface area contributed by atoms with Crippen molar-refractivity contribution in [3.63, 3.8) is 0 Å². The Labute approximate surface area is 139 Å². The van der Waals surface area contributed by atoms with Crippen LogP contribution in [-0.4, -0.2) is 46.2 Å². The highest BCUT2D eigenvalue weighted by Gasteiger charge is 2.16. The van der Waals surface area contributed by atoms with Crippen LogP contribution in [0.4, 0.5) is 10.2 Å². The Hall–Kier alpha value is -2.54. The predicted octanol–water partition coefficient (Wildman–Crippen LogP) is 3.18. The Bertz CT molecular complexity index is 798. The van der Waals surface area contributed by atoms with E-state index in [0.717, 1.165) is 31.7 Å². The minimum absolute atomic E-state index is 0.291. The average molecular weight is 329 g/mol. The van der Waals surface area contributed by atoms with E-state index >= 15 is 0 Å². The molecule has 0 aliphatic heterocycles. The lowest BCUT2D eigenvalue weighted by Gasteiger charge is -2.18. The van der Waals surface area contributed by atoms with Crippen LogP contribution in [0, 0.1) is 5.82 Å². The van der Waals surface area contributed by atoms with Gasteiger partial charge in [-0.2, -0.15) is 4.98 Å². The number of anilines is 1. The lowest BCUT2D eigenvalue weighted by molar-refractivity contribution is 0.316. The van der Waals surface area contributed by atoms with Gasteiger partial charge in [0.2, 0.25) is 0 Å². The van der Waals surface area contributed by atoms with E-state index in [4.69, 9.17) is 4.52 Å². The largest absolute Gasteiger partial charge is 0.368 e. The molecule has 0 amide bonds. The minimum Gasteiger partial charge on any atom is -0.368 e. The normalized spacial score (nSPS) is 11.3. The first-order valence-electron chi connectivity index (χ1n) is 8.05. The van der Waals surface area contributed by atoms with Gasteiger partial charge in [-0.1, -0.05) is 19.0 Å². The predicted molar refractivity (Wildman–Crippen MR) is 91.3 cm³/mol. The Morgan fingerprint density at radius 2 is 1.88 bits per heavy atom. The second kappa shape index (κ2) is 7.35. The number of nitrogens with zero attached hydrogens (tertiary/aromatic N) is 4. The molecule has 1 N–H and O–H groups in total. The van der Waals surface area contributed by atoms with E-state index in [0.29, 0.717) is 22.6 Å². The number of benzene rings is 1. The van der Waals surface area contributed by atoms with E-state index in [2.05, 4.69) is 39.2 Å². The Morgan fingerprint density at radius 1 is 1.12 bits per heavy atom. The van der Waals surface area contributed by atoms with E-state index in [1.54, 1.807) is 12.1 Å². The first kappa shape index (κ1) is 16.3. The summed E-state index contributed by atoms with van der Waals surface area (Å²) >= 11 is 0. The molecule has 3 rings (SSSR count). The fourth-order valence-electron chi connectivity index (χ4n) is 2.60. The number of rotatable bonds is 7. The van der Waals surface area contributed by atoms with Gasteiger partial charge in [0, 0.05) is 18.7 Å². The molecule has 7 heteroatoms. The first-order valence-corrected chi connectivity index (χ1v) is 8.05. The third-order valence-corrected chi connectivity index (χ3v) is 4.01. The summed E-state index contributed by atoms with van der Waals surface area (Å²) in [5, 5.41) is 8.12. The molecule has 0 saturated carbocycles. The van der Waals surface area contributed by atoms with Crippen LogP contribution in [0.2, 0.25) is 0 Å². The van der Waals surface area contributed by atoms with Crippen LogP contribution in [0.25, 0.3) is 22.4 Å². The summed E-state index contributed by atoms with van der Waals surface area (Å²) in [6, 6.07) is 6.12. The van der Waals surface area contributed by atoms with Crippen molar-refractivity contribution >= 4 is 16.9 Å². The highest BCUT2D eigenvalue weighted by atomic mass is 19.1. The van der Waals surface area contributed by atoms with Crippen LogP contribution in [0.5, 0.6) is 0 Å². The maximum atomic E-state index is 13.1. The van der Waals surface area contributed by atoms with Gasteiger partial charge in [0.25, 0.3) is 5.71 Å². The molecule has 6 nitrogen and oxygen atoms in total. The quantitative estimate of drug-likeness (QED) is 0.718. The zero-order chi connectivity index (χ0) is 16.9. The van der Waals surface area contributed by atoms with Crippen LogP contribution >= 0.6 is 0 Å². The summed E-state index contributed by atoms with van der Waals surface area (Å²) in [5.41, 5.74) is 1.78. The van der Waals surface area contributed by atoms with Crippen molar-refractivity contribution in [2.75, 3.05) is 31.5 Å². The lowest BCUT2D eigenvalue weighted by atomic mass is 10.1. The van der Waals surface area contributed by atoms with Crippen molar-refractivity contribution in [2.24, 2.45) is 0 Å². The smallest absolute Gasteiger partial charge is 0.263 e. The number of halogens is 1. The molecule has 0 radical (unpaired) electrons. The standard InChI is InChI=1S/C17H20FN5O/c1-3-23(4-2)10-9-19-16-14-15(12-5-7-13(18)8-6-12)22-24-17(14)21-11-20-16/h5-8,11H,3-4,9-10H2,1-2H3,(H,19,20,21). The van der Waals surface area contributed by atoms with Gasteiger partial charge >= 0.3 is 0 Å². The molecule has 24 heavy (non-hydrogen) atoms. The van der Waals surface area contributed by atoms with E-state index in [-0.39, 0.29) is 5.82 Å². The van der Waals surface area contributed by atoms with Gasteiger partial charge in [0.15, 0.2) is 0 Å². The Balaban J connectivity index is 1.88. The van der Waals surface area contributed by atoms with E-state index < -0.39 is 0 Å². The van der Waals surface area contributed by atoms with Gasteiger partial charge < -0.3 is 14.7 Å². The van der Waals surface area contributed by atoms with Crippen LogP contribution in [0.15, 0.2) is 35.1 Å². The molecule has 0 unspecified atom stereocenters. The molecule has 0 spiro atoms. The Morgan fingerprint density at radius 3 is 2.58 bits per heavy atom. The molecule has 3 aromatic rings. The molecule has 2 heterocycles. The van der Waals surface area contributed by atoms with Crippen molar-refractivity contribution in [3.8, 4) is 11.3 Å². The molecule has 1 aromatic carbocycles. The molecule has 0 saturated heterocycles. The molecule has 0 bridgehead atoms. The van der Waals surface area contributed by atoms with Crippen LogP contribution in [-0.2, 0) is 0 Å². The number of hydrogen-bond donors (Lipinski definition) is 1. The zero-order valence-electron chi connectivity index (χ0n) is 13.8. The van der Waals surface area contributed by atoms with Gasteiger partial charge in [-0.3, -0.25) is 0 Å². The summed E-state index contributed by atoms with van der Waals surface area (Å²) < 4.78 is 18.4. The number of fused-ring (bicyclic) bond motifs is 1. The Kier molecular flexibility index (Phi) is 5.00. The van der Waals surface area contributed by atoms with E-state index in [9.17, 15) is 4.39 Å². The second-order valence-corrected chi connectivity index (χ2v) is 5.39. The second-order valence-electron chi connectivity index (χ2n) is 5.39. The number of aromatic nitrogens is 3. The van der Waals surface area contributed by atoms with Crippen molar-refractivity contribution in [1.29, 1.82) is 0 Å². The third kappa shape index (κ3) is 3.35. The van der Waals surface area contributed by atoms with Crippen LogP contribution < -0.4 is 5.32 Å². The van der Waals surface area contributed by atoms with Crippen molar-refractivity contribution < 1.29 is 8.91 Å². The van der Waals surface area contributed by atoms with E-state index in [1.165, 1.54) is 18.5 Å². The third-order valence-electron chi connectivity index (χ3n) is 4.01. The van der Waals surface area contributed by atoms with Crippen molar-refractivity contribution in [2.45, 2.75) is 13.8 Å². The summed E-state index contributed by atoms with van der Waals surface area (Å²) in [5.74, 6) is 0.383. The maximum Gasteiger partial charge on any atom is 0.263 e. The highest BCUT2D eigenvalue weighted by Crippen LogP contribution is 2.31. The molecule has 0 aliphatic carbocycles. The molecule has 0 aliphatic rings. The topological polar surface area (TPSA) is 67.1 Å². The van der Waals surface area contributed by atoms with Crippen LogP contribution in [0.1, 0.15) is 13.8 Å². The molecule has 2 aromatic heterocycles. The summed E-state index contributed by atoms with van der Waals surface area (Å²) in [6.07, 6.45) is 1.45. The monoisotopic (exact) mass is 329 g/mol. The van der Waals surface area contributed by atoms with Crippen LogP contribution in [0.3, 0.4) is 0 Å². The van der Waals surface area contributed by atoms with Gasteiger partial charge in [-0.05, 0) is 37.4 Å². The van der Waals surface area contributed by atoms with E-state index in [1.807, 2.05) is 0 Å². The summed E-state index contributed by atoms with van der Waals surface area (Å²) in [4.78, 5) is 10.8. The SMILES string of the molecule is CCN(CC)CCNc1ncnc2onc(-c3ccc(F)cc3)c12. The first-order chi connectivity index (χ1) is 11.7. The number of hydrogen-bond acceptors (Lipinski definition) is 6. The highest BCUT2D eigenvalue weighted by molar-refractivity contribution is 5.97. The fourth-order valence-corrected chi connectivity index (χ4v) is 2.60. The minimum atomic E-state index is -0.291. The molecule has 0 fully saturated rings. The van der Waals surface area contributed by atoms with Gasteiger partial charge in [0.05, 0.1) is 0 Å². The average Bonchev–Trinajstić information content (AvgIpc) is 3.04. The van der Waals surface area contributed by atoms with Crippen molar-refractivity contribution in [3.05, 3.63) is 36.4 Å². The van der Waals surface area contributed by atoms with Gasteiger partial charge in [-0.25, -0.2) is 9.37 Å². The summed E-state index contributed by atoms with van der Waals surface area (Å²) in [7, 11) is 0. The fraction of sp³-hybridized carbons (Fsp3) is 0.353. The molecular weight excluding hydrogens is 309 g/mol. The molecular formula is C17H20FN5O. The summed E-state index contributed by atoms with van der Waals surface area (Å²) in [6.45, 7) is 7.95. The number of likely N-dealkylation sites (N-methyl/N-ethyl adjacent to an activating group) is 1. The van der Waals surface area contributed by atoms with Crippen molar-refractivity contribution in [1.82, 2.24) is 20.0 Å². The molecule has 126 valence electrons.